The number of hydrogen-bond acceptors (Lipinski definition) is 4. The van der Waals surface area contributed by atoms with E-state index in [9.17, 15) is 0 Å². The van der Waals surface area contributed by atoms with Crippen LogP contribution in [0, 0.1) is 0 Å². The van der Waals surface area contributed by atoms with Crippen molar-refractivity contribution in [2.45, 2.75) is 33.1 Å². The molecule has 17 heavy (non-hydrogen) atoms. The number of nitrogens with two attached hydrogens (primary N) is 1. The van der Waals surface area contributed by atoms with Crippen LogP contribution in [-0.2, 0) is 9.47 Å². The fraction of sp³-hybridized carbons (Fsp3) is 1.00. The molecule has 4 heteroatoms. The molecular formula is C13H30N2O2. The van der Waals surface area contributed by atoms with Crippen LogP contribution in [0.3, 0.4) is 0 Å². The molecule has 0 atom stereocenters. The van der Waals surface area contributed by atoms with Crippen LogP contribution >= 0.6 is 0 Å². The van der Waals surface area contributed by atoms with Crippen LogP contribution in [0.1, 0.15) is 33.1 Å². The summed E-state index contributed by atoms with van der Waals surface area (Å²) in [5.41, 5.74) is 5.55. The van der Waals surface area contributed by atoms with E-state index in [1.165, 1.54) is 0 Å². The van der Waals surface area contributed by atoms with Crippen molar-refractivity contribution in [3.63, 3.8) is 0 Å². The molecule has 2 N–H and O–H groups in total. The Hall–Kier alpha value is -0.160. The Morgan fingerprint density at radius 2 is 1.29 bits per heavy atom. The third-order valence-electron chi connectivity index (χ3n) is 2.61. The van der Waals surface area contributed by atoms with E-state index in [0.29, 0.717) is 0 Å². The van der Waals surface area contributed by atoms with Crippen molar-refractivity contribution >= 4 is 0 Å². The maximum absolute atomic E-state index is 5.55. The Labute approximate surface area is 106 Å². The highest BCUT2D eigenvalue weighted by atomic mass is 16.5. The number of ether oxygens (including phenoxy) is 2. The molecule has 0 saturated heterocycles. The van der Waals surface area contributed by atoms with Crippen molar-refractivity contribution in [2.24, 2.45) is 5.73 Å². The van der Waals surface area contributed by atoms with Crippen LogP contribution in [0.25, 0.3) is 0 Å². The molecule has 0 rings (SSSR count). The van der Waals surface area contributed by atoms with E-state index < -0.39 is 0 Å². The van der Waals surface area contributed by atoms with Crippen molar-refractivity contribution in [1.29, 1.82) is 0 Å². The predicted molar refractivity (Wildman–Crippen MR) is 72.3 cm³/mol. The van der Waals surface area contributed by atoms with Crippen molar-refractivity contribution in [3.05, 3.63) is 0 Å². The van der Waals surface area contributed by atoms with Crippen LogP contribution < -0.4 is 5.73 Å². The third kappa shape index (κ3) is 12.1. The van der Waals surface area contributed by atoms with Gasteiger partial charge in [-0.05, 0) is 46.2 Å². The Bertz CT molecular complexity index is 133. The van der Waals surface area contributed by atoms with E-state index in [4.69, 9.17) is 15.2 Å². The summed E-state index contributed by atoms with van der Waals surface area (Å²) >= 11 is 0. The van der Waals surface area contributed by atoms with Gasteiger partial charge < -0.3 is 20.1 Å². The van der Waals surface area contributed by atoms with Crippen molar-refractivity contribution in [2.75, 3.05) is 52.6 Å². The first-order chi connectivity index (χ1) is 8.35. The van der Waals surface area contributed by atoms with Gasteiger partial charge in [0.05, 0.1) is 0 Å². The molecule has 0 fully saturated rings. The molecule has 0 radical (unpaired) electrons. The Balaban J connectivity index is 3.56. The fourth-order valence-electron chi connectivity index (χ4n) is 1.72. The normalized spacial score (nSPS) is 11.3. The van der Waals surface area contributed by atoms with E-state index in [1.54, 1.807) is 0 Å². The van der Waals surface area contributed by atoms with Gasteiger partial charge in [-0.15, -0.1) is 0 Å². The molecule has 4 nitrogen and oxygen atoms in total. The molecule has 0 aromatic rings. The average molecular weight is 246 g/mol. The summed E-state index contributed by atoms with van der Waals surface area (Å²) in [7, 11) is 0. The summed E-state index contributed by atoms with van der Waals surface area (Å²) in [4.78, 5) is 2.46. The second-order valence-corrected chi connectivity index (χ2v) is 4.08. The van der Waals surface area contributed by atoms with Crippen LogP contribution in [0.2, 0.25) is 0 Å². The second kappa shape index (κ2) is 13.9. The monoisotopic (exact) mass is 246 g/mol. The zero-order chi connectivity index (χ0) is 12.8. The summed E-state index contributed by atoms with van der Waals surface area (Å²) in [6.45, 7) is 11.5. The van der Waals surface area contributed by atoms with Gasteiger partial charge >= 0.3 is 0 Å². The summed E-state index contributed by atoms with van der Waals surface area (Å²) in [6, 6.07) is 0. The molecule has 0 amide bonds. The highest BCUT2D eigenvalue weighted by molar-refractivity contribution is 4.58. The Morgan fingerprint density at radius 3 is 1.71 bits per heavy atom. The van der Waals surface area contributed by atoms with Gasteiger partial charge in [-0.3, -0.25) is 0 Å². The maximum Gasteiger partial charge on any atom is 0.0478 e. The van der Waals surface area contributed by atoms with Gasteiger partial charge in [-0.25, -0.2) is 0 Å². The minimum atomic E-state index is 0.771. The first-order valence-electron chi connectivity index (χ1n) is 6.93. The van der Waals surface area contributed by atoms with Gasteiger partial charge in [-0.1, -0.05) is 0 Å². The van der Waals surface area contributed by atoms with Crippen molar-refractivity contribution in [1.82, 2.24) is 4.90 Å². The summed E-state index contributed by atoms with van der Waals surface area (Å²) in [5.74, 6) is 0. The number of nitrogens with zero attached hydrogens (tertiary/aromatic N) is 1. The van der Waals surface area contributed by atoms with Gasteiger partial charge in [0.2, 0.25) is 0 Å². The molecule has 0 aromatic heterocycles. The van der Waals surface area contributed by atoms with E-state index >= 15 is 0 Å². The van der Waals surface area contributed by atoms with E-state index in [0.717, 1.165) is 71.9 Å². The first-order valence-corrected chi connectivity index (χ1v) is 6.93. The van der Waals surface area contributed by atoms with Crippen molar-refractivity contribution in [3.8, 4) is 0 Å². The van der Waals surface area contributed by atoms with E-state index in [1.807, 2.05) is 13.8 Å². The number of hydrogen-bond donors (Lipinski definition) is 1. The fourth-order valence-corrected chi connectivity index (χ4v) is 1.72. The topological polar surface area (TPSA) is 47.7 Å². The SMILES string of the molecule is CCOCCCN(CCCN)CCCOCC. The lowest BCUT2D eigenvalue weighted by atomic mass is 10.3. The molecule has 0 heterocycles. The lowest BCUT2D eigenvalue weighted by Crippen LogP contribution is -2.30. The molecule has 0 aliphatic carbocycles. The van der Waals surface area contributed by atoms with E-state index in [-0.39, 0.29) is 0 Å². The minimum absolute atomic E-state index is 0.771. The quantitative estimate of drug-likeness (QED) is 0.500. The van der Waals surface area contributed by atoms with Gasteiger partial charge in [0.1, 0.15) is 0 Å². The smallest absolute Gasteiger partial charge is 0.0478 e. The minimum Gasteiger partial charge on any atom is -0.382 e. The van der Waals surface area contributed by atoms with Crippen LogP contribution in [0.5, 0.6) is 0 Å². The molecule has 0 saturated carbocycles. The van der Waals surface area contributed by atoms with Gasteiger partial charge in [0.25, 0.3) is 0 Å². The molecule has 0 bridgehead atoms. The highest BCUT2D eigenvalue weighted by Gasteiger charge is 2.03. The van der Waals surface area contributed by atoms with E-state index in [2.05, 4.69) is 4.90 Å². The van der Waals surface area contributed by atoms with Crippen LogP contribution in [0.4, 0.5) is 0 Å². The van der Waals surface area contributed by atoms with Crippen LogP contribution in [0.15, 0.2) is 0 Å². The maximum atomic E-state index is 5.55. The van der Waals surface area contributed by atoms with Gasteiger partial charge in [0, 0.05) is 39.5 Å². The van der Waals surface area contributed by atoms with Crippen molar-refractivity contribution < 1.29 is 9.47 Å². The molecular weight excluding hydrogens is 216 g/mol. The summed E-state index contributed by atoms with van der Waals surface area (Å²) in [6.07, 6.45) is 3.28. The molecule has 0 spiro atoms. The largest absolute Gasteiger partial charge is 0.382 e. The standard InChI is InChI=1S/C13H30N2O2/c1-3-16-12-6-10-15(9-5-8-14)11-7-13-17-4-2/h3-14H2,1-2H3. The lowest BCUT2D eigenvalue weighted by Gasteiger charge is -2.21. The van der Waals surface area contributed by atoms with Gasteiger partial charge in [-0.2, -0.15) is 0 Å². The Morgan fingerprint density at radius 1 is 0.824 bits per heavy atom. The molecule has 0 aliphatic heterocycles. The predicted octanol–water partition coefficient (Wildman–Crippen LogP) is 1.49. The summed E-state index contributed by atoms with van der Waals surface area (Å²) < 4.78 is 10.7. The first kappa shape index (κ1) is 16.8. The van der Waals surface area contributed by atoms with Gasteiger partial charge in [0.15, 0.2) is 0 Å². The summed E-state index contributed by atoms with van der Waals surface area (Å²) in [5, 5.41) is 0. The number of rotatable bonds is 13. The molecule has 0 unspecified atom stereocenters. The molecule has 0 aliphatic rings. The lowest BCUT2D eigenvalue weighted by molar-refractivity contribution is 0.118. The molecule has 104 valence electrons. The highest BCUT2D eigenvalue weighted by Crippen LogP contribution is 1.97. The Kier molecular flexibility index (Phi) is 13.8. The third-order valence-corrected chi connectivity index (χ3v) is 2.61. The second-order valence-electron chi connectivity index (χ2n) is 4.08. The zero-order valence-corrected chi connectivity index (χ0v) is 11.6. The molecule has 0 aromatic carbocycles. The average Bonchev–Trinajstić information content (AvgIpc) is 2.35. The zero-order valence-electron chi connectivity index (χ0n) is 11.6. The van der Waals surface area contributed by atoms with Crippen LogP contribution in [-0.4, -0.2) is 57.5 Å².